The van der Waals surface area contributed by atoms with Crippen LogP contribution < -0.4 is 0 Å². The number of hydrogen-bond donors (Lipinski definition) is 1. The SMILES string of the molecule is Cc1oc(-c2ccccc2)nc1C(=O)N1CC(C(=O)O)O[C@H](C)C1. The molecule has 2 heterocycles. The molecular formula is C17H18N2O5. The van der Waals surface area contributed by atoms with Gasteiger partial charge in [-0.3, -0.25) is 4.79 Å². The number of ether oxygens (including phenoxy) is 1. The fraction of sp³-hybridized carbons (Fsp3) is 0.353. The van der Waals surface area contributed by atoms with Crippen LogP contribution >= 0.6 is 0 Å². The van der Waals surface area contributed by atoms with Crippen LogP contribution in [0.3, 0.4) is 0 Å². The first-order valence-corrected chi connectivity index (χ1v) is 7.66. The molecule has 0 aliphatic carbocycles. The first-order valence-electron chi connectivity index (χ1n) is 7.66. The first kappa shape index (κ1) is 16.2. The Hall–Kier alpha value is -2.67. The van der Waals surface area contributed by atoms with Crippen molar-refractivity contribution < 1.29 is 23.8 Å². The number of aromatic nitrogens is 1. The van der Waals surface area contributed by atoms with Crippen LogP contribution in [0, 0.1) is 6.92 Å². The van der Waals surface area contributed by atoms with Crippen molar-refractivity contribution in [2.75, 3.05) is 13.1 Å². The predicted octanol–water partition coefficient (Wildman–Crippen LogP) is 1.96. The van der Waals surface area contributed by atoms with Gasteiger partial charge in [0.15, 0.2) is 11.8 Å². The Balaban J connectivity index is 1.85. The lowest BCUT2D eigenvalue weighted by atomic mass is 10.2. The molecule has 1 unspecified atom stereocenters. The Bertz CT molecular complexity index is 756. The van der Waals surface area contributed by atoms with Gasteiger partial charge in [-0.05, 0) is 26.0 Å². The molecule has 1 saturated heterocycles. The van der Waals surface area contributed by atoms with Crippen LogP contribution in [0.2, 0.25) is 0 Å². The number of amides is 1. The number of aliphatic carboxylic acids is 1. The van der Waals surface area contributed by atoms with Crippen LogP contribution in [0.4, 0.5) is 0 Å². The Morgan fingerprint density at radius 3 is 2.62 bits per heavy atom. The molecule has 1 fully saturated rings. The van der Waals surface area contributed by atoms with Gasteiger partial charge in [-0.25, -0.2) is 9.78 Å². The third-order valence-corrected chi connectivity index (χ3v) is 3.84. The number of nitrogens with zero attached hydrogens (tertiary/aromatic N) is 2. The Morgan fingerprint density at radius 2 is 1.96 bits per heavy atom. The minimum Gasteiger partial charge on any atom is -0.479 e. The summed E-state index contributed by atoms with van der Waals surface area (Å²) in [5.74, 6) is -0.654. The molecule has 7 nitrogen and oxygen atoms in total. The van der Waals surface area contributed by atoms with Gasteiger partial charge in [0.2, 0.25) is 5.89 Å². The number of carboxylic acid groups (broad SMARTS) is 1. The Labute approximate surface area is 138 Å². The van der Waals surface area contributed by atoms with Crippen molar-refractivity contribution >= 4 is 11.9 Å². The highest BCUT2D eigenvalue weighted by Gasteiger charge is 2.34. The molecule has 1 aliphatic heterocycles. The molecule has 0 spiro atoms. The van der Waals surface area contributed by atoms with Gasteiger partial charge in [-0.2, -0.15) is 0 Å². The summed E-state index contributed by atoms with van der Waals surface area (Å²) in [6.07, 6.45) is -1.39. The fourth-order valence-corrected chi connectivity index (χ4v) is 2.70. The zero-order valence-corrected chi connectivity index (χ0v) is 13.4. The highest BCUT2D eigenvalue weighted by atomic mass is 16.5. The molecule has 1 aliphatic rings. The number of aryl methyl sites for hydroxylation is 1. The highest BCUT2D eigenvalue weighted by molar-refractivity contribution is 5.94. The normalized spacial score (nSPS) is 20.8. The second kappa shape index (κ2) is 6.45. The van der Waals surface area contributed by atoms with Crippen molar-refractivity contribution in [3.05, 3.63) is 41.8 Å². The molecule has 0 bridgehead atoms. The Kier molecular flexibility index (Phi) is 4.35. The van der Waals surface area contributed by atoms with E-state index in [0.29, 0.717) is 18.2 Å². The van der Waals surface area contributed by atoms with Crippen molar-refractivity contribution in [2.24, 2.45) is 0 Å². The van der Waals surface area contributed by atoms with Crippen LogP contribution in [-0.4, -0.2) is 52.2 Å². The lowest BCUT2D eigenvalue weighted by molar-refractivity contribution is -0.160. The number of benzene rings is 1. The van der Waals surface area contributed by atoms with E-state index in [0.717, 1.165) is 5.56 Å². The predicted molar refractivity (Wildman–Crippen MR) is 84.6 cm³/mol. The van der Waals surface area contributed by atoms with Crippen LogP contribution in [-0.2, 0) is 9.53 Å². The molecule has 3 rings (SSSR count). The van der Waals surface area contributed by atoms with Crippen molar-refractivity contribution in [1.82, 2.24) is 9.88 Å². The van der Waals surface area contributed by atoms with Gasteiger partial charge in [0.1, 0.15) is 5.76 Å². The van der Waals surface area contributed by atoms with E-state index in [1.807, 2.05) is 30.3 Å². The number of carboxylic acids is 1. The van der Waals surface area contributed by atoms with E-state index in [4.69, 9.17) is 14.3 Å². The van der Waals surface area contributed by atoms with Crippen molar-refractivity contribution in [3.8, 4) is 11.5 Å². The van der Waals surface area contributed by atoms with Crippen molar-refractivity contribution in [1.29, 1.82) is 0 Å². The summed E-state index contributed by atoms with van der Waals surface area (Å²) in [5, 5.41) is 9.14. The van der Waals surface area contributed by atoms with Crippen molar-refractivity contribution in [2.45, 2.75) is 26.1 Å². The number of rotatable bonds is 3. The standard InChI is InChI=1S/C17H18N2O5/c1-10-8-19(9-13(23-10)17(21)22)16(20)14-11(2)24-15(18-14)12-6-4-3-5-7-12/h3-7,10,13H,8-9H2,1-2H3,(H,21,22)/t10-,13?/m1/s1. The van der Waals surface area contributed by atoms with Gasteiger partial charge >= 0.3 is 5.97 Å². The summed E-state index contributed by atoms with van der Waals surface area (Å²) in [7, 11) is 0. The van der Waals surface area contributed by atoms with E-state index < -0.39 is 12.1 Å². The molecule has 24 heavy (non-hydrogen) atoms. The van der Waals surface area contributed by atoms with Gasteiger partial charge in [-0.1, -0.05) is 18.2 Å². The van der Waals surface area contributed by atoms with Crippen LogP contribution in [0.5, 0.6) is 0 Å². The molecule has 1 amide bonds. The maximum absolute atomic E-state index is 12.7. The summed E-state index contributed by atoms with van der Waals surface area (Å²) >= 11 is 0. The molecule has 1 N–H and O–H groups in total. The number of hydrogen-bond acceptors (Lipinski definition) is 5. The monoisotopic (exact) mass is 330 g/mol. The second-order valence-corrected chi connectivity index (χ2v) is 5.77. The van der Waals surface area contributed by atoms with E-state index in [1.165, 1.54) is 4.90 Å². The molecule has 126 valence electrons. The van der Waals surface area contributed by atoms with Gasteiger partial charge in [-0.15, -0.1) is 0 Å². The largest absolute Gasteiger partial charge is 0.479 e. The molecule has 2 aromatic rings. The maximum Gasteiger partial charge on any atom is 0.334 e. The number of carbonyl (C=O) groups is 2. The maximum atomic E-state index is 12.7. The average Bonchev–Trinajstić information content (AvgIpc) is 2.96. The third kappa shape index (κ3) is 3.16. The smallest absolute Gasteiger partial charge is 0.334 e. The molecule has 1 aromatic heterocycles. The molecule has 7 heteroatoms. The zero-order chi connectivity index (χ0) is 17.3. The quantitative estimate of drug-likeness (QED) is 0.925. The van der Waals surface area contributed by atoms with Gasteiger partial charge in [0.05, 0.1) is 12.6 Å². The summed E-state index contributed by atoms with van der Waals surface area (Å²) in [4.78, 5) is 29.7. The molecule has 0 saturated carbocycles. The van der Waals surface area contributed by atoms with E-state index in [1.54, 1.807) is 13.8 Å². The Morgan fingerprint density at radius 1 is 1.25 bits per heavy atom. The van der Waals surface area contributed by atoms with Gasteiger partial charge < -0.3 is 19.2 Å². The minimum atomic E-state index is -1.08. The van der Waals surface area contributed by atoms with E-state index in [9.17, 15) is 9.59 Å². The minimum absolute atomic E-state index is 0.00846. The van der Waals surface area contributed by atoms with Crippen molar-refractivity contribution in [3.63, 3.8) is 0 Å². The highest BCUT2D eigenvalue weighted by Crippen LogP contribution is 2.23. The zero-order valence-electron chi connectivity index (χ0n) is 13.4. The van der Waals surface area contributed by atoms with Gasteiger partial charge in [0.25, 0.3) is 5.91 Å². The molecule has 0 radical (unpaired) electrons. The molecule has 2 atom stereocenters. The van der Waals surface area contributed by atoms with Crippen LogP contribution in [0.25, 0.3) is 11.5 Å². The topological polar surface area (TPSA) is 92.9 Å². The van der Waals surface area contributed by atoms with E-state index >= 15 is 0 Å². The summed E-state index contributed by atoms with van der Waals surface area (Å²) < 4.78 is 10.9. The summed E-state index contributed by atoms with van der Waals surface area (Å²) in [6.45, 7) is 3.71. The average molecular weight is 330 g/mol. The number of carbonyl (C=O) groups excluding carboxylic acids is 1. The second-order valence-electron chi connectivity index (χ2n) is 5.77. The summed E-state index contributed by atoms with van der Waals surface area (Å²) in [5.41, 5.74) is 0.977. The lowest BCUT2D eigenvalue weighted by Crippen LogP contribution is -2.51. The fourth-order valence-electron chi connectivity index (χ4n) is 2.70. The van der Waals surface area contributed by atoms with Crippen LogP contribution in [0.15, 0.2) is 34.7 Å². The van der Waals surface area contributed by atoms with E-state index in [2.05, 4.69) is 4.98 Å². The molecule has 1 aromatic carbocycles. The van der Waals surface area contributed by atoms with Gasteiger partial charge in [0, 0.05) is 12.1 Å². The third-order valence-electron chi connectivity index (χ3n) is 3.84. The first-order chi connectivity index (χ1) is 11.5. The summed E-state index contributed by atoms with van der Waals surface area (Å²) in [6, 6.07) is 9.29. The molecular weight excluding hydrogens is 312 g/mol. The van der Waals surface area contributed by atoms with Crippen LogP contribution in [0.1, 0.15) is 23.2 Å². The number of morpholine rings is 1. The van der Waals surface area contributed by atoms with E-state index in [-0.39, 0.29) is 24.2 Å². The lowest BCUT2D eigenvalue weighted by Gasteiger charge is -2.34. The number of oxazole rings is 1.